The molecule has 1 atom stereocenters. The number of sulfonamides is 1. The average molecular weight is 331 g/mol. The third-order valence-electron chi connectivity index (χ3n) is 2.94. The molecule has 1 aliphatic heterocycles. The number of hydrogen-bond donors (Lipinski definition) is 0. The molecule has 1 aliphatic rings. The third kappa shape index (κ3) is 2.48. The molecule has 0 bridgehead atoms. The van der Waals surface area contributed by atoms with E-state index in [1.54, 1.807) is 12.1 Å². The summed E-state index contributed by atoms with van der Waals surface area (Å²) in [7, 11) is -3.43. The molecular formula is C12H11ClN2O3S2. The Bertz CT molecular complexity index is 750. The van der Waals surface area contributed by atoms with Gasteiger partial charge in [-0.25, -0.2) is 8.42 Å². The van der Waals surface area contributed by atoms with Gasteiger partial charge in [-0.2, -0.15) is 9.52 Å². The first-order chi connectivity index (χ1) is 9.45. The highest BCUT2D eigenvalue weighted by Gasteiger charge is 2.35. The zero-order valence-electron chi connectivity index (χ0n) is 10.5. The van der Waals surface area contributed by atoms with Crippen LogP contribution in [0.3, 0.4) is 0 Å². The van der Waals surface area contributed by atoms with Crippen molar-refractivity contribution in [3.63, 3.8) is 0 Å². The first kappa shape index (κ1) is 13.7. The lowest BCUT2D eigenvalue weighted by molar-refractivity contribution is 0.379. The largest absolute Gasteiger partial charge is 0.443 e. The minimum absolute atomic E-state index is 0.258. The summed E-state index contributed by atoms with van der Waals surface area (Å²) in [6.45, 7) is 0. The quantitative estimate of drug-likeness (QED) is 0.868. The fourth-order valence-electron chi connectivity index (χ4n) is 2.11. The normalized spacial score (nSPS) is 19.4. The van der Waals surface area contributed by atoms with Crippen molar-refractivity contribution in [1.82, 2.24) is 4.41 Å². The molecule has 3 rings (SSSR count). The van der Waals surface area contributed by atoms with E-state index in [4.69, 9.17) is 16.0 Å². The van der Waals surface area contributed by atoms with Crippen LogP contribution in [0.4, 0.5) is 0 Å². The molecule has 0 aromatic carbocycles. The van der Waals surface area contributed by atoms with Gasteiger partial charge in [-0.15, -0.1) is 11.3 Å². The molecule has 0 radical (unpaired) electrons. The molecule has 0 fully saturated rings. The molecule has 106 valence electrons. The van der Waals surface area contributed by atoms with Gasteiger partial charge in [0.15, 0.2) is 11.0 Å². The second-order valence-electron chi connectivity index (χ2n) is 4.42. The summed E-state index contributed by atoms with van der Waals surface area (Å²) in [5.74, 6) is 0.503. The van der Waals surface area contributed by atoms with Crippen LogP contribution >= 0.6 is 22.9 Å². The maximum Gasteiger partial charge on any atom is 0.247 e. The monoisotopic (exact) mass is 330 g/mol. The highest BCUT2D eigenvalue weighted by Crippen LogP contribution is 2.37. The number of hydrogen-bond acceptors (Lipinski definition) is 5. The smallest absolute Gasteiger partial charge is 0.247 e. The van der Waals surface area contributed by atoms with E-state index < -0.39 is 10.0 Å². The second kappa shape index (κ2) is 4.91. The van der Waals surface area contributed by atoms with Gasteiger partial charge in [0.25, 0.3) is 0 Å². The summed E-state index contributed by atoms with van der Waals surface area (Å²) in [6.07, 6.45) is 1.62. The van der Waals surface area contributed by atoms with Crippen molar-refractivity contribution in [2.45, 2.75) is 12.5 Å². The van der Waals surface area contributed by atoms with Crippen molar-refractivity contribution >= 4 is 38.7 Å². The first-order valence-electron chi connectivity index (χ1n) is 5.81. The maximum atomic E-state index is 11.9. The predicted octanol–water partition coefficient (Wildman–Crippen LogP) is 3.11. The van der Waals surface area contributed by atoms with Gasteiger partial charge in [0.05, 0.1) is 6.26 Å². The first-order valence-corrected chi connectivity index (χ1v) is 8.92. The molecule has 3 heterocycles. The van der Waals surface area contributed by atoms with Crippen molar-refractivity contribution < 1.29 is 12.8 Å². The average Bonchev–Trinajstić information content (AvgIpc) is 3.06. The van der Waals surface area contributed by atoms with E-state index in [1.165, 1.54) is 11.3 Å². The van der Waals surface area contributed by atoms with E-state index in [1.807, 2.05) is 17.5 Å². The molecule has 5 nitrogen and oxygen atoms in total. The zero-order chi connectivity index (χ0) is 14.3. The van der Waals surface area contributed by atoms with Crippen LogP contribution in [0.2, 0.25) is 5.22 Å². The Balaban J connectivity index is 2.00. The van der Waals surface area contributed by atoms with Crippen LogP contribution < -0.4 is 0 Å². The maximum absolute atomic E-state index is 11.9. The van der Waals surface area contributed by atoms with E-state index in [9.17, 15) is 8.42 Å². The molecule has 2 aromatic rings. The summed E-state index contributed by atoms with van der Waals surface area (Å²) >= 11 is 7.26. The SMILES string of the molecule is CS(=O)(=O)N1N=C(c2ccc(Cl)o2)C[C@@H]1c1cccs1. The predicted molar refractivity (Wildman–Crippen MR) is 78.6 cm³/mol. The van der Waals surface area contributed by atoms with Gasteiger partial charge in [0, 0.05) is 11.3 Å². The highest BCUT2D eigenvalue weighted by atomic mass is 35.5. The Morgan fingerprint density at radius 2 is 2.25 bits per heavy atom. The summed E-state index contributed by atoms with van der Waals surface area (Å²) < 4.78 is 30.2. The number of rotatable bonds is 3. The Labute approximate surface area is 125 Å². The lowest BCUT2D eigenvalue weighted by Crippen LogP contribution is -2.25. The number of furan rings is 1. The minimum Gasteiger partial charge on any atom is -0.443 e. The molecule has 0 N–H and O–H groups in total. The molecule has 20 heavy (non-hydrogen) atoms. The zero-order valence-corrected chi connectivity index (χ0v) is 12.9. The van der Waals surface area contributed by atoms with Crippen molar-refractivity contribution in [2.24, 2.45) is 5.10 Å². The van der Waals surface area contributed by atoms with Crippen LogP contribution in [0.15, 0.2) is 39.2 Å². The summed E-state index contributed by atoms with van der Waals surface area (Å²) in [5.41, 5.74) is 0.584. The van der Waals surface area contributed by atoms with Gasteiger partial charge in [0.1, 0.15) is 11.8 Å². The van der Waals surface area contributed by atoms with Crippen LogP contribution in [-0.2, 0) is 10.0 Å². The highest BCUT2D eigenvalue weighted by molar-refractivity contribution is 7.88. The van der Waals surface area contributed by atoms with Gasteiger partial charge in [0.2, 0.25) is 10.0 Å². The molecule has 0 saturated heterocycles. The summed E-state index contributed by atoms with van der Waals surface area (Å²) in [5, 5.41) is 6.37. The van der Waals surface area contributed by atoms with Crippen LogP contribution in [0.1, 0.15) is 23.1 Å². The third-order valence-corrected chi connectivity index (χ3v) is 5.13. The summed E-state index contributed by atoms with van der Waals surface area (Å²) in [4.78, 5) is 0.951. The van der Waals surface area contributed by atoms with Crippen molar-refractivity contribution in [3.05, 3.63) is 45.5 Å². The van der Waals surface area contributed by atoms with Crippen molar-refractivity contribution in [3.8, 4) is 0 Å². The Morgan fingerprint density at radius 3 is 2.80 bits per heavy atom. The van der Waals surface area contributed by atoms with E-state index in [-0.39, 0.29) is 11.3 Å². The van der Waals surface area contributed by atoms with Crippen LogP contribution in [-0.4, -0.2) is 24.8 Å². The van der Waals surface area contributed by atoms with Crippen LogP contribution in [0.5, 0.6) is 0 Å². The van der Waals surface area contributed by atoms with Crippen molar-refractivity contribution in [1.29, 1.82) is 0 Å². The lowest BCUT2D eigenvalue weighted by atomic mass is 10.1. The molecule has 0 spiro atoms. The van der Waals surface area contributed by atoms with Gasteiger partial charge >= 0.3 is 0 Å². The molecule has 8 heteroatoms. The fourth-order valence-corrected chi connectivity index (χ4v) is 4.03. The minimum atomic E-state index is -3.43. The molecule has 0 unspecified atom stereocenters. The standard InChI is InChI=1S/C12H11ClN2O3S2/c1-20(16,17)15-9(11-3-2-6-19-11)7-8(14-15)10-4-5-12(13)18-10/h2-6,9H,7H2,1H3/t9-/m1/s1. The molecule has 0 aliphatic carbocycles. The van der Waals surface area contributed by atoms with Gasteiger partial charge in [-0.3, -0.25) is 0 Å². The molecule has 0 saturated carbocycles. The van der Waals surface area contributed by atoms with E-state index in [2.05, 4.69) is 5.10 Å². The van der Waals surface area contributed by atoms with E-state index in [0.717, 1.165) is 15.5 Å². The van der Waals surface area contributed by atoms with Crippen LogP contribution in [0.25, 0.3) is 0 Å². The topological polar surface area (TPSA) is 62.9 Å². The number of nitrogens with zero attached hydrogens (tertiary/aromatic N) is 2. The Hall–Kier alpha value is -1.31. The Kier molecular flexibility index (Phi) is 3.35. The van der Waals surface area contributed by atoms with Crippen LogP contribution in [0, 0.1) is 0 Å². The molecule has 0 amide bonds. The second-order valence-corrected chi connectivity index (χ2v) is 7.61. The van der Waals surface area contributed by atoms with Gasteiger partial charge < -0.3 is 4.42 Å². The summed E-state index contributed by atoms with van der Waals surface area (Å²) in [6, 6.07) is 6.79. The van der Waals surface area contributed by atoms with Gasteiger partial charge in [-0.1, -0.05) is 6.07 Å². The van der Waals surface area contributed by atoms with Crippen molar-refractivity contribution in [2.75, 3.05) is 6.26 Å². The van der Waals surface area contributed by atoms with Gasteiger partial charge in [-0.05, 0) is 35.2 Å². The fraction of sp³-hybridized carbons (Fsp3) is 0.250. The van der Waals surface area contributed by atoms with E-state index >= 15 is 0 Å². The Morgan fingerprint density at radius 1 is 1.45 bits per heavy atom. The number of halogens is 1. The lowest BCUT2D eigenvalue weighted by Gasteiger charge is -2.19. The number of hydrazone groups is 1. The molecular weight excluding hydrogens is 320 g/mol. The number of thiophene rings is 1. The van der Waals surface area contributed by atoms with E-state index in [0.29, 0.717) is 17.9 Å². The molecule has 2 aromatic heterocycles.